The molecule has 0 saturated heterocycles. The molecule has 1 aromatic rings. The highest BCUT2D eigenvalue weighted by Crippen LogP contribution is 2.53. The fourth-order valence-corrected chi connectivity index (χ4v) is 2.07. The van der Waals surface area contributed by atoms with Gasteiger partial charge in [0.05, 0.1) is 12.5 Å². The fraction of sp³-hybridized carbons (Fsp3) is 0.667. The van der Waals surface area contributed by atoms with Crippen molar-refractivity contribution in [2.45, 2.75) is 38.6 Å². The summed E-state index contributed by atoms with van der Waals surface area (Å²) >= 11 is 0. The smallest absolute Gasteiger partial charge is 0.0940 e. The highest BCUT2D eigenvalue weighted by molar-refractivity contribution is 5.29. The maximum Gasteiger partial charge on any atom is 0.0940 e. The van der Waals surface area contributed by atoms with Crippen molar-refractivity contribution < 1.29 is 4.42 Å². The summed E-state index contributed by atoms with van der Waals surface area (Å²) < 4.78 is 5.13. The predicted octanol–water partition coefficient (Wildman–Crippen LogP) is 2.56. The zero-order valence-electron chi connectivity index (χ0n) is 9.21. The van der Waals surface area contributed by atoms with Crippen LogP contribution in [0.25, 0.3) is 0 Å². The molecule has 2 atom stereocenters. The molecule has 2 unspecified atom stereocenters. The van der Waals surface area contributed by atoms with Gasteiger partial charge in [0.25, 0.3) is 0 Å². The minimum atomic E-state index is 0.370. The topological polar surface area (TPSA) is 25.2 Å². The molecule has 1 fully saturated rings. The van der Waals surface area contributed by atoms with Crippen LogP contribution in [0.5, 0.6) is 0 Å². The third kappa shape index (κ3) is 1.71. The maximum absolute atomic E-state index is 5.13. The van der Waals surface area contributed by atoms with E-state index in [0.29, 0.717) is 11.5 Å². The lowest BCUT2D eigenvalue weighted by Gasteiger charge is -2.11. The molecule has 1 heterocycles. The second-order valence-electron chi connectivity index (χ2n) is 4.89. The molecule has 78 valence electrons. The van der Waals surface area contributed by atoms with Gasteiger partial charge in [-0.15, -0.1) is 0 Å². The summed E-state index contributed by atoms with van der Waals surface area (Å²) in [7, 11) is 0. The van der Waals surface area contributed by atoms with Crippen LogP contribution in [0.15, 0.2) is 23.0 Å². The first-order valence-corrected chi connectivity index (χ1v) is 5.39. The van der Waals surface area contributed by atoms with Gasteiger partial charge in [0.1, 0.15) is 0 Å². The Labute approximate surface area is 85.7 Å². The van der Waals surface area contributed by atoms with E-state index in [9.17, 15) is 0 Å². The molecule has 2 nitrogen and oxygen atoms in total. The first-order valence-electron chi connectivity index (χ1n) is 5.39. The second kappa shape index (κ2) is 3.43. The van der Waals surface area contributed by atoms with Crippen molar-refractivity contribution in [2.24, 2.45) is 5.92 Å². The van der Waals surface area contributed by atoms with E-state index in [-0.39, 0.29) is 0 Å². The Balaban J connectivity index is 1.90. The first kappa shape index (κ1) is 9.78. The monoisotopic (exact) mass is 193 g/mol. The average Bonchev–Trinajstić information content (AvgIpc) is 2.63. The van der Waals surface area contributed by atoms with Gasteiger partial charge in [0.15, 0.2) is 0 Å². The first-order chi connectivity index (χ1) is 6.63. The number of nitrogens with one attached hydrogen (secondary N) is 1. The van der Waals surface area contributed by atoms with Gasteiger partial charge in [-0.3, -0.25) is 0 Å². The van der Waals surface area contributed by atoms with Crippen molar-refractivity contribution in [2.75, 3.05) is 6.54 Å². The molecule has 2 heteroatoms. The molecule has 0 spiro atoms. The lowest BCUT2D eigenvalue weighted by molar-refractivity contribution is 0.521. The predicted molar refractivity (Wildman–Crippen MR) is 57.3 cm³/mol. The van der Waals surface area contributed by atoms with Crippen molar-refractivity contribution in [1.82, 2.24) is 5.32 Å². The molecule has 1 N–H and O–H groups in total. The minimum absolute atomic E-state index is 0.370. The van der Waals surface area contributed by atoms with Gasteiger partial charge in [0, 0.05) is 11.5 Å². The van der Waals surface area contributed by atoms with Crippen LogP contribution in [0.3, 0.4) is 0 Å². The van der Waals surface area contributed by atoms with Crippen LogP contribution in [0, 0.1) is 5.92 Å². The van der Waals surface area contributed by atoms with Crippen molar-refractivity contribution >= 4 is 0 Å². The summed E-state index contributed by atoms with van der Waals surface area (Å²) in [6.07, 6.45) is 4.94. The lowest BCUT2D eigenvalue weighted by atomic mass is 9.98. The largest absolute Gasteiger partial charge is 0.472 e. The van der Waals surface area contributed by atoms with Crippen molar-refractivity contribution in [3.8, 4) is 0 Å². The molecule has 0 bridgehead atoms. The minimum Gasteiger partial charge on any atom is -0.472 e. The molecule has 0 radical (unpaired) electrons. The third-order valence-electron chi connectivity index (χ3n) is 3.36. The van der Waals surface area contributed by atoms with Crippen LogP contribution >= 0.6 is 0 Å². The van der Waals surface area contributed by atoms with Gasteiger partial charge in [-0.05, 0) is 30.5 Å². The Bertz CT molecular complexity index is 291. The summed E-state index contributed by atoms with van der Waals surface area (Å²) in [6, 6.07) is 2.68. The Hall–Kier alpha value is -0.760. The average molecular weight is 193 g/mol. The number of hydrogen-bond donors (Lipinski definition) is 1. The van der Waals surface area contributed by atoms with Crippen LogP contribution < -0.4 is 5.32 Å². The molecule has 0 aliphatic heterocycles. The summed E-state index contributed by atoms with van der Waals surface area (Å²) in [5.74, 6) is 0.780. The molecule has 1 aliphatic rings. The maximum atomic E-state index is 5.13. The van der Waals surface area contributed by atoms with Gasteiger partial charge in [-0.1, -0.05) is 20.8 Å². The van der Waals surface area contributed by atoms with Gasteiger partial charge in [-0.25, -0.2) is 0 Å². The molecule has 0 aromatic carbocycles. The zero-order chi connectivity index (χ0) is 10.2. The Morgan fingerprint density at radius 1 is 1.64 bits per heavy atom. The summed E-state index contributed by atoms with van der Waals surface area (Å²) in [5, 5.41) is 3.49. The number of hydrogen-bond acceptors (Lipinski definition) is 2. The van der Waals surface area contributed by atoms with Gasteiger partial charge < -0.3 is 9.73 Å². The quantitative estimate of drug-likeness (QED) is 0.795. The van der Waals surface area contributed by atoms with Gasteiger partial charge in [0.2, 0.25) is 0 Å². The van der Waals surface area contributed by atoms with Crippen molar-refractivity contribution in [3.63, 3.8) is 0 Å². The lowest BCUT2D eigenvalue weighted by Crippen LogP contribution is -2.26. The highest BCUT2D eigenvalue weighted by Gasteiger charge is 2.51. The second-order valence-corrected chi connectivity index (χ2v) is 4.89. The van der Waals surface area contributed by atoms with Crippen LogP contribution in [0.1, 0.15) is 32.8 Å². The zero-order valence-corrected chi connectivity index (χ0v) is 9.21. The molecule has 1 saturated carbocycles. The summed E-state index contributed by atoms with van der Waals surface area (Å²) in [6.45, 7) is 7.83. The van der Waals surface area contributed by atoms with E-state index < -0.39 is 0 Å². The number of rotatable bonds is 4. The van der Waals surface area contributed by atoms with E-state index in [0.717, 1.165) is 12.5 Å². The van der Waals surface area contributed by atoms with Crippen LogP contribution in [-0.2, 0) is 5.41 Å². The molecule has 1 aromatic heterocycles. The van der Waals surface area contributed by atoms with Crippen molar-refractivity contribution in [1.29, 1.82) is 0 Å². The number of furan rings is 1. The SMILES string of the molecule is CC(C)NCC1CC1(C)c1ccoc1. The summed E-state index contributed by atoms with van der Waals surface area (Å²) in [5.41, 5.74) is 1.72. The Morgan fingerprint density at radius 3 is 3.00 bits per heavy atom. The summed E-state index contributed by atoms with van der Waals surface area (Å²) in [4.78, 5) is 0. The van der Waals surface area contributed by atoms with E-state index in [1.54, 1.807) is 6.26 Å². The van der Waals surface area contributed by atoms with Gasteiger partial charge in [-0.2, -0.15) is 0 Å². The molecular weight excluding hydrogens is 174 g/mol. The third-order valence-corrected chi connectivity index (χ3v) is 3.36. The van der Waals surface area contributed by atoms with Crippen LogP contribution in [-0.4, -0.2) is 12.6 Å². The van der Waals surface area contributed by atoms with E-state index >= 15 is 0 Å². The van der Waals surface area contributed by atoms with E-state index in [1.165, 1.54) is 12.0 Å². The normalized spacial score (nSPS) is 31.0. The Morgan fingerprint density at radius 2 is 2.43 bits per heavy atom. The Kier molecular flexibility index (Phi) is 2.40. The van der Waals surface area contributed by atoms with Crippen molar-refractivity contribution in [3.05, 3.63) is 24.2 Å². The van der Waals surface area contributed by atoms with Gasteiger partial charge >= 0.3 is 0 Å². The molecule has 1 aliphatic carbocycles. The van der Waals surface area contributed by atoms with E-state index in [1.807, 2.05) is 6.26 Å². The molecular formula is C12H19NO. The molecule has 2 rings (SSSR count). The fourth-order valence-electron chi connectivity index (χ4n) is 2.07. The highest BCUT2D eigenvalue weighted by atomic mass is 16.3. The molecule has 14 heavy (non-hydrogen) atoms. The van der Waals surface area contributed by atoms with Crippen LogP contribution in [0.2, 0.25) is 0 Å². The standard InChI is InChI=1S/C12H19NO/c1-9(2)13-7-11-6-12(11,3)10-4-5-14-8-10/h4-5,8-9,11,13H,6-7H2,1-3H3. The van der Waals surface area contributed by atoms with E-state index in [2.05, 4.69) is 32.2 Å². The molecule has 0 amide bonds. The van der Waals surface area contributed by atoms with E-state index in [4.69, 9.17) is 4.42 Å². The van der Waals surface area contributed by atoms with Crippen LogP contribution in [0.4, 0.5) is 0 Å².